The molecule has 0 spiro atoms. The average molecular weight is 433 g/mol. The van der Waals surface area contributed by atoms with Crippen LogP contribution in [0.5, 0.6) is 0 Å². The summed E-state index contributed by atoms with van der Waals surface area (Å²) in [6.07, 6.45) is 0.620. The number of nitrogens with one attached hydrogen (secondary N) is 2. The van der Waals surface area contributed by atoms with Gasteiger partial charge < -0.3 is 4.74 Å². The van der Waals surface area contributed by atoms with Crippen molar-refractivity contribution in [3.05, 3.63) is 59.4 Å². The second kappa shape index (κ2) is 8.42. The van der Waals surface area contributed by atoms with Gasteiger partial charge in [-0.05, 0) is 26.0 Å². The molecule has 154 valence electrons. The maximum Gasteiger partial charge on any atom is 0.413 e. The van der Waals surface area contributed by atoms with Crippen molar-refractivity contribution < 1.29 is 9.53 Å². The molecule has 9 heteroatoms. The highest BCUT2D eigenvalue weighted by atomic mass is 35.5. The van der Waals surface area contributed by atoms with Crippen LogP contribution < -0.4 is 5.32 Å². The lowest BCUT2D eigenvalue weighted by molar-refractivity contribution is 0.130. The van der Waals surface area contributed by atoms with Gasteiger partial charge in [-0.25, -0.2) is 14.8 Å². The number of halogens is 1. The third-order valence-electron chi connectivity index (χ3n) is 4.39. The number of benzene rings is 2. The molecule has 0 saturated heterocycles. The van der Waals surface area contributed by atoms with Crippen molar-refractivity contribution in [1.29, 1.82) is 5.26 Å². The van der Waals surface area contributed by atoms with Gasteiger partial charge in [0.05, 0.1) is 34.2 Å². The van der Waals surface area contributed by atoms with Gasteiger partial charge in [0.15, 0.2) is 11.5 Å². The predicted octanol–water partition coefficient (Wildman–Crippen LogP) is 5.17. The summed E-state index contributed by atoms with van der Waals surface area (Å²) in [6.45, 7) is 3.45. The lowest BCUT2D eigenvalue weighted by Gasteiger charge is -2.14. The van der Waals surface area contributed by atoms with Crippen molar-refractivity contribution in [2.24, 2.45) is 0 Å². The quantitative estimate of drug-likeness (QED) is 0.459. The molecule has 4 aromatic rings. The van der Waals surface area contributed by atoms with E-state index in [9.17, 15) is 10.1 Å². The summed E-state index contributed by atoms with van der Waals surface area (Å²) in [6, 6.07) is 14.9. The summed E-state index contributed by atoms with van der Waals surface area (Å²) in [5.41, 5.74) is 3.03. The van der Waals surface area contributed by atoms with Gasteiger partial charge in [-0.15, -0.1) is 0 Å². The summed E-state index contributed by atoms with van der Waals surface area (Å²) < 4.78 is 5.11. The van der Waals surface area contributed by atoms with Gasteiger partial charge >= 0.3 is 6.09 Å². The summed E-state index contributed by atoms with van der Waals surface area (Å²) in [5, 5.41) is 20.3. The first-order valence-electron chi connectivity index (χ1n) is 9.44. The molecule has 0 aliphatic carbocycles. The number of carbonyl (C=O) groups excluding carboxylic acids is 1. The molecular weight excluding hydrogens is 416 g/mol. The zero-order valence-electron chi connectivity index (χ0n) is 16.7. The smallest absolute Gasteiger partial charge is 0.413 e. The third kappa shape index (κ3) is 4.17. The molecule has 2 heterocycles. The maximum atomic E-state index is 12.1. The SMILES string of the molecule is CC(C)OC(=O)Nc1nc(-c2ccccc2)c(-c2cc(Cl)c3[nH]ncc3c2)nc1C#N. The number of H-pyrrole nitrogens is 1. The van der Waals surface area contributed by atoms with E-state index in [4.69, 9.17) is 16.3 Å². The number of fused-ring (bicyclic) bond motifs is 1. The molecule has 0 unspecified atom stereocenters. The third-order valence-corrected chi connectivity index (χ3v) is 4.68. The average Bonchev–Trinajstić information content (AvgIpc) is 3.23. The molecular formula is C22H17ClN6O2. The Bertz CT molecular complexity index is 1310. The number of hydrogen-bond acceptors (Lipinski definition) is 6. The Morgan fingerprint density at radius 1 is 1.16 bits per heavy atom. The number of nitrogens with zero attached hydrogens (tertiary/aromatic N) is 4. The minimum absolute atomic E-state index is 0.0197. The van der Waals surface area contributed by atoms with E-state index in [1.165, 1.54) is 0 Å². The van der Waals surface area contributed by atoms with Gasteiger partial charge in [0.2, 0.25) is 0 Å². The number of amides is 1. The van der Waals surface area contributed by atoms with E-state index in [1.54, 1.807) is 26.1 Å². The second-order valence-electron chi connectivity index (χ2n) is 6.97. The molecule has 0 bridgehead atoms. The first-order valence-corrected chi connectivity index (χ1v) is 9.82. The highest BCUT2D eigenvalue weighted by molar-refractivity contribution is 6.35. The number of nitriles is 1. The number of aromatic amines is 1. The molecule has 0 fully saturated rings. The summed E-state index contributed by atoms with van der Waals surface area (Å²) in [5.74, 6) is 0.0197. The zero-order valence-corrected chi connectivity index (χ0v) is 17.4. The fourth-order valence-electron chi connectivity index (χ4n) is 3.09. The fourth-order valence-corrected chi connectivity index (χ4v) is 3.36. The normalized spacial score (nSPS) is 10.8. The molecule has 1 amide bonds. The van der Waals surface area contributed by atoms with Crippen LogP contribution in [0.15, 0.2) is 48.7 Å². The molecule has 0 aliphatic rings. The summed E-state index contributed by atoms with van der Waals surface area (Å²) in [7, 11) is 0. The molecule has 0 aliphatic heterocycles. The Morgan fingerprint density at radius 3 is 2.61 bits per heavy atom. The van der Waals surface area contributed by atoms with Crippen LogP contribution >= 0.6 is 11.6 Å². The molecule has 31 heavy (non-hydrogen) atoms. The zero-order chi connectivity index (χ0) is 22.0. The molecule has 8 nitrogen and oxygen atoms in total. The topological polar surface area (TPSA) is 117 Å². The van der Waals surface area contributed by atoms with Crippen molar-refractivity contribution in [3.63, 3.8) is 0 Å². The largest absolute Gasteiger partial charge is 0.447 e. The Balaban J connectivity index is 1.91. The van der Waals surface area contributed by atoms with Gasteiger partial charge in [0, 0.05) is 16.5 Å². The van der Waals surface area contributed by atoms with Crippen LogP contribution in [0.4, 0.5) is 10.6 Å². The van der Waals surface area contributed by atoms with Gasteiger partial charge in [0.1, 0.15) is 6.07 Å². The van der Waals surface area contributed by atoms with Crippen LogP contribution in [-0.2, 0) is 4.74 Å². The maximum absolute atomic E-state index is 12.1. The first kappa shape index (κ1) is 20.3. The standard InChI is InChI=1S/C22H17ClN6O2/c1-12(2)31-22(30)28-21-17(10-24)26-20(19(27-21)13-6-4-3-5-7-13)14-8-15-11-25-29-18(15)16(23)9-14/h3-9,11-12H,1-2H3,(H,25,29)(H,27,28,30). The van der Waals surface area contributed by atoms with E-state index in [0.29, 0.717) is 27.5 Å². The number of hydrogen-bond donors (Lipinski definition) is 2. The second-order valence-corrected chi connectivity index (χ2v) is 7.37. The van der Waals surface area contributed by atoms with E-state index in [0.717, 1.165) is 10.9 Å². The van der Waals surface area contributed by atoms with E-state index < -0.39 is 6.09 Å². The van der Waals surface area contributed by atoms with Crippen LogP contribution in [-0.4, -0.2) is 32.4 Å². The summed E-state index contributed by atoms with van der Waals surface area (Å²) >= 11 is 6.42. The molecule has 0 saturated carbocycles. The molecule has 2 aromatic carbocycles. The van der Waals surface area contributed by atoms with E-state index >= 15 is 0 Å². The van der Waals surface area contributed by atoms with Gasteiger partial charge in [-0.1, -0.05) is 41.9 Å². The molecule has 2 aromatic heterocycles. The van der Waals surface area contributed by atoms with Crippen LogP contribution in [0.3, 0.4) is 0 Å². The lowest BCUT2D eigenvalue weighted by Crippen LogP contribution is -2.20. The van der Waals surface area contributed by atoms with Crippen LogP contribution in [0.25, 0.3) is 33.4 Å². The minimum Gasteiger partial charge on any atom is -0.447 e. The van der Waals surface area contributed by atoms with Crippen molar-refractivity contribution in [3.8, 4) is 28.6 Å². The number of anilines is 1. The lowest BCUT2D eigenvalue weighted by atomic mass is 10.0. The molecule has 0 atom stereocenters. The van der Waals surface area contributed by atoms with E-state index in [-0.39, 0.29) is 17.6 Å². The van der Waals surface area contributed by atoms with Crippen molar-refractivity contribution in [2.45, 2.75) is 20.0 Å². The minimum atomic E-state index is -0.713. The predicted molar refractivity (Wildman–Crippen MR) is 118 cm³/mol. The highest BCUT2D eigenvalue weighted by Gasteiger charge is 2.20. The molecule has 0 radical (unpaired) electrons. The van der Waals surface area contributed by atoms with Crippen molar-refractivity contribution in [1.82, 2.24) is 20.2 Å². The Kier molecular flexibility index (Phi) is 5.52. The number of aromatic nitrogens is 4. The van der Waals surface area contributed by atoms with Crippen LogP contribution in [0, 0.1) is 11.3 Å². The van der Waals surface area contributed by atoms with Gasteiger partial charge in [-0.2, -0.15) is 10.4 Å². The van der Waals surface area contributed by atoms with Crippen LogP contribution in [0.2, 0.25) is 5.02 Å². The fraction of sp³-hybridized carbons (Fsp3) is 0.136. The van der Waals surface area contributed by atoms with E-state index in [1.807, 2.05) is 42.5 Å². The van der Waals surface area contributed by atoms with Gasteiger partial charge in [-0.3, -0.25) is 10.4 Å². The number of rotatable bonds is 4. The van der Waals surface area contributed by atoms with Crippen molar-refractivity contribution >= 4 is 34.4 Å². The van der Waals surface area contributed by atoms with Crippen LogP contribution in [0.1, 0.15) is 19.5 Å². The van der Waals surface area contributed by atoms with Gasteiger partial charge in [0.25, 0.3) is 0 Å². The summed E-state index contributed by atoms with van der Waals surface area (Å²) in [4.78, 5) is 21.2. The first-order chi connectivity index (χ1) is 15.0. The Labute approximate surface area is 182 Å². The Morgan fingerprint density at radius 2 is 1.90 bits per heavy atom. The molecule has 2 N–H and O–H groups in total. The van der Waals surface area contributed by atoms with Crippen molar-refractivity contribution in [2.75, 3.05) is 5.32 Å². The highest BCUT2D eigenvalue weighted by Crippen LogP contribution is 2.35. The number of ether oxygens (including phenoxy) is 1. The van der Waals surface area contributed by atoms with E-state index in [2.05, 4.69) is 25.5 Å². The molecule has 4 rings (SSSR count). The monoisotopic (exact) mass is 432 g/mol. The number of carbonyl (C=O) groups is 1. The Hall–Kier alpha value is -3.96.